The summed E-state index contributed by atoms with van der Waals surface area (Å²) in [7, 11) is -3.50. The van der Waals surface area contributed by atoms with Crippen LogP contribution in [0.2, 0.25) is 0 Å². The zero-order valence-corrected chi connectivity index (χ0v) is 16.6. The van der Waals surface area contributed by atoms with E-state index in [1.54, 1.807) is 12.1 Å². The standard InChI is InChI=1S/C14H22Br2N2O2S/c1-4-7-18(5-2)8-6-17-21(19,20)14-10-12(15)11(3)9-13(14)16/h9-10,17H,4-8H2,1-3H3. The van der Waals surface area contributed by atoms with Crippen LogP contribution in [-0.2, 0) is 10.0 Å². The molecule has 1 rings (SSSR count). The number of benzene rings is 1. The van der Waals surface area contributed by atoms with Gasteiger partial charge in [-0.05, 0) is 60.1 Å². The second-order valence-corrected chi connectivity index (χ2v) is 8.31. The summed E-state index contributed by atoms with van der Waals surface area (Å²) in [5.74, 6) is 0. The van der Waals surface area contributed by atoms with Crippen LogP contribution in [0.3, 0.4) is 0 Å². The number of likely N-dealkylation sites (N-methyl/N-ethyl adjacent to an activating group) is 1. The van der Waals surface area contributed by atoms with Gasteiger partial charge in [-0.15, -0.1) is 0 Å². The Morgan fingerprint density at radius 2 is 1.81 bits per heavy atom. The molecular formula is C14H22Br2N2O2S. The van der Waals surface area contributed by atoms with Gasteiger partial charge in [0.05, 0.1) is 4.90 Å². The van der Waals surface area contributed by atoms with Gasteiger partial charge in [-0.3, -0.25) is 0 Å². The number of aryl methyl sites for hydroxylation is 1. The highest BCUT2D eigenvalue weighted by Crippen LogP contribution is 2.28. The van der Waals surface area contributed by atoms with Crippen LogP contribution in [0, 0.1) is 6.92 Å². The lowest BCUT2D eigenvalue weighted by atomic mass is 10.2. The molecule has 1 aromatic carbocycles. The van der Waals surface area contributed by atoms with Crippen LogP contribution in [0.5, 0.6) is 0 Å². The third-order valence-corrected chi connectivity index (χ3v) is 6.48. The van der Waals surface area contributed by atoms with Gasteiger partial charge < -0.3 is 4.90 Å². The summed E-state index contributed by atoms with van der Waals surface area (Å²) in [5.41, 5.74) is 0.987. The zero-order valence-electron chi connectivity index (χ0n) is 12.6. The van der Waals surface area contributed by atoms with Gasteiger partial charge in [0.1, 0.15) is 0 Å². The van der Waals surface area contributed by atoms with Crippen molar-refractivity contribution in [2.75, 3.05) is 26.2 Å². The van der Waals surface area contributed by atoms with E-state index in [4.69, 9.17) is 0 Å². The molecule has 0 saturated heterocycles. The Labute approximate surface area is 144 Å². The van der Waals surface area contributed by atoms with Gasteiger partial charge in [-0.1, -0.05) is 29.8 Å². The molecule has 0 atom stereocenters. The van der Waals surface area contributed by atoms with Crippen molar-refractivity contribution in [3.05, 3.63) is 26.6 Å². The number of sulfonamides is 1. The second kappa shape index (κ2) is 8.62. The van der Waals surface area contributed by atoms with Crippen molar-refractivity contribution in [2.24, 2.45) is 0 Å². The molecule has 4 nitrogen and oxygen atoms in total. The van der Waals surface area contributed by atoms with Crippen LogP contribution in [-0.4, -0.2) is 39.5 Å². The Kier molecular flexibility index (Phi) is 7.84. The first-order chi connectivity index (χ1) is 9.81. The molecule has 0 fully saturated rings. The van der Waals surface area contributed by atoms with E-state index in [0.717, 1.165) is 29.5 Å². The molecule has 0 unspecified atom stereocenters. The summed E-state index contributed by atoms with van der Waals surface area (Å²) >= 11 is 6.70. The summed E-state index contributed by atoms with van der Waals surface area (Å²) in [6.07, 6.45) is 1.07. The number of hydrogen-bond donors (Lipinski definition) is 1. The van der Waals surface area contributed by atoms with E-state index in [1.807, 2.05) is 6.92 Å². The lowest BCUT2D eigenvalue weighted by Crippen LogP contribution is -2.35. The minimum absolute atomic E-state index is 0.263. The molecule has 0 aliphatic carbocycles. The predicted octanol–water partition coefficient (Wildman–Crippen LogP) is 3.53. The fourth-order valence-corrected chi connectivity index (χ4v) is 4.69. The van der Waals surface area contributed by atoms with Gasteiger partial charge in [-0.25, -0.2) is 13.1 Å². The minimum atomic E-state index is -3.50. The van der Waals surface area contributed by atoms with E-state index in [0.29, 0.717) is 17.6 Å². The van der Waals surface area contributed by atoms with Gasteiger partial charge >= 0.3 is 0 Å². The second-order valence-electron chi connectivity index (χ2n) is 4.86. The quantitative estimate of drug-likeness (QED) is 0.671. The van der Waals surface area contributed by atoms with E-state index in [1.165, 1.54) is 0 Å². The summed E-state index contributed by atoms with van der Waals surface area (Å²) in [5, 5.41) is 0. The maximum atomic E-state index is 12.4. The molecule has 0 aliphatic rings. The van der Waals surface area contributed by atoms with Crippen molar-refractivity contribution >= 4 is 41.9 Å². The first kappa shape index (κ1) is 19.1. The van der Waals surface area contributed by atoms with Crippen molar-refractivity contribution in [1.29, 1.82) is 0 Å². The Bertz CT molecular complexity index is 577. The summed E-state index contributed by atoms with van der Waals surface area (Å²) < 4.78 is 28.8. The average Bonchev–Trinajstić information content (AvgIpc) is 2.41. The van der Waals surface area contributed by atoms with Crippen molar-refractivity contribution < 1.29 is 8.42 Å². The molecular weight excluding hydrogens is 420 g/mol. The van der Waals surface area contributed by atoms with Gasteiger partial charge in [0, 0.05) is 22.0 Å². The van der Waals surface area contributed by atoms with Crippen molar-refractivity contribution in [3.8, 4) is 0 Å². The maximum absolute atomic E-state index is 12.4. The summed E-state index contributed by atoms with van der Waals surface area (Å²) in [6, 6.07) is 3.43. The van der Waals surface area contributed by atoms with Crippen LogP contribution >= 0.6 is 31.9 Å². The van der Waals surface area contributed by atoms with Crippen LogP contribution in [0.1, 0.15) is 25.8 Å². The molecule has 1 aromatic rings. The van der Waals surface area contributed by atoms with Crippen LogP contribution in [0.4, 0.5) is 0 Å². The zero-order chi connectivity index (χ0) is 16.0. The molecule has 0 bridgehead atoms. The van der Waals surface area contributed by atoms with Gasteiger partial charge in [0.2, 0.25) is 10.0 Å². The fourth-order valence-electron chi connectivity index (χ4n) is 1.99. The number of halogens is 2. The van der Waals surface area contributed by atoms with Crippen LogP contribution in [0.25, 0.3) is 0 Å². The Hall–Kier alpha value is 0.0500. The molecule has 0 heterocycles. The van der Waals surface area contributed by atoms with E-state index in [-0.39, 0.29) is 4.90 Å². The average molecular weight is 442 g/mol. The number of hydrogen-bond acceptors (Lipinski definition) is 3. The third kappa shape index (κ3) is 5.63. The number of nitrogens with zero attached hydrogens (tertiary/aromatic N) is 1. The molecule has 21 heavy (non-hydrogen) atoms. The third-order valence-electron chi connectivity index (χ3n) is 3.21. The molecule has 0 saturated carbocycles. The number of rotatable bonds is 8. The lowest BCUT2D eigenvalue weighted by Gasteiger charge is -2.19. The summed E-state index contributed by atoms with van der Waals surface area (Å²) in [4.78, 5) is 2.49. The minimum Gasteiger partial charge on any atom is -0.302 e. The van der Waals surface area contributed by atoms with Gasteiger partial charge in [-0.2, -0.15) is 0 Å². The highest BCUT2D eigenvalue weighted by atomic mass is 79.9. The smallest absolute Gasteiger partial charge is 0.241 e. The predicted molar refractivity (Wildman–Crippen MR) is 94.2 cm³/mol. The van der Waals surface area contributed by atoms with Crippen LogP contribution < -0.4 is 4.72 Å². The Morgan fingerprint density at radius 3 is 2.38 bits per heavy atom. The first-order valence-corrected chi connectivity index (χ1v) is 10.1. The molecule has 0 amide bonds. The topological polar surface area (TPSA) is 49.4 Å². The van der Waals surface area contributed by atoms with Crippen molar-refractivity contribution in [3.63, 3.8) is 0 Å². The molecule has 0 radical (unpaired) electrons. The van der Waals surface area contributed by atoms with Crippen molar-refractivity contribution in [2.45, 2.75) is 32.1 Å². The maximum Gasteiger partial charge on any atom is 0.241 e. The van der Waals surface area contributed by atoms with Crippen LogP contribution in [0.15, 0.2) is 26.0 Å². The molecule has 0 aromatic heterocycles. The fraction of sp³-hybridized carbons (Fsp3) is 0.571. The SMILES string of the molecule is CCCN(CC)CCNS(=O)(=O)c1cc(Br)c(C)cc1Br. The van der Waals surface area contributed by atoms with E-state index in [2.05, 4.69) is 55.3 Å². The highest BCUT2D eigenvalue weighted by molar-refractivity contribution is 9.11. The van der Waals surface area contributed by atoms with Crippen molar-refractivity contribution in [1.82, 2.24) is 9.62 Å². The molecule has 0 spiro atoms. The summed E-state index contributed by atoms with van der Waals surface area (Å²) in [6.45, 7) is 9.16. The molecule has 7 heteroatoms. The molecule has 120 valence electrons. The molecule has 1 N–H and O–H groups in total. The molecule has 0 aliphatic heterocycles. The monoisotopic (exact) mass is 440 g/mol. The Morgan fingerprint density at radius 1 is 1.14 bits per heavy atom. The lowest BCUT2D eigenvalue weighted by molar-refractivity contribution is 0.293. The normalized spacial score (nSPS) is 12.1. The largest absolute Gasteiger partial charge is 0.302 e. The van der Waals surface area contributed by atoms with Gasteiger partial charge in [0.15, 0.2) is 0 Å². The van der Waals surface area contributed by atoms with E-state index in [9.17, 15) is 8.42 Å². The number of nitrogens with one attached hydrogen (secondary N) is 1. The van der Waals surface area contributed by atoms with E-state index < -0.39 is 10.0 Å². The van der Waals surface area contributed by atoms with Gasteiger partial charge in [0.25, 0.3) is 0 Å². The van der Waals surface area contributed by atoms with E-state index >= 15 is 0 Å². The Balaban J connectivity index is 2.76. The highest BCUT2D eigenvalue weighted by Gasteiger charge is 2.18. The first-order valence-electron chi connectivity index (χ1n) is 6.99.